The Morgan fingerprint density at radius 1 is 0.488 bits per heavy atom. The van der Waals surface area contributed by atoms with Gasteiger partial charge in [0.2, 0.25) is 0 Å². The van der Waals surface area contributed by atoms with E-state index in [-0.39, 0.29) is 107 Å². The summed E-state index contributed by atoms with van der Waals surface area (Å²) in [4.78, 5) is 27.3. The number of nitrogens with one attached hydrogen (secondary N) is 2. The summed E-state index contributed by atoms with van der Waals surface area (Å²) >= 11 is 0. The van der Waals surface area contributed by atoms with E-state index in [9.17, 15) is 19.8 Å². The molecule has 8 aliphatic carbocycles. The fourth-order valence-corrected chi connectivity index (χ4v) is 27.0. The van der Waals surface area contributed by atoms with Gasteiger partial charge in [-0.25, -0.2) is 0 Å². The van der Waals surface area contributed by atoms with Gasteiger partial charge >= 0.3 is 0 Å². The molecule has 12 aliphatic rings. The van der Waals surface area contributed by atoms with Gasteiger partial charge in [0.15, 0.2) is 25.2 Å². The van der Waals surface area contributed by atoms with Crippen molar-refractivity contribution in [3.8, 4) is 5.75 Å². The number of carbonyl (C=O) groups excluding carboxylic acids is 2. The third-order valence-corrected chi connectivity index (χ3v) is 34.8. The van der Waals surface area contributed by atoms with Crippen molar-refractivity contribution in [2.24, 2.45) is 134 Å². The maximum Gasteiger partial charge on any atom is 0.251 e. The first-order chi connectivity index (χ1) is 57.7. The second-order valence-corrected chi connectivity index (χ2v) is 43.7. The molecule has 0 bridgehead atoms. The molecule has 0 aromatic heterocycles. The number of hydrogen-bond acceptors (Lipinski definition) is 14. The molecule has 10 fully saturated rings. The molecule has 18 unspecified atom stereocenters. The molecule has 0 radical (unpaired) electrons. The average molecular weight is 1670 g/mol. The fourth-order valence-electron chi connectivity index (χ4n) is 27.0. The molecule has 2 amide bonds. The van der Waals surface area contributed by atoms with Crippen LogP contribution in [0.15, 0.2) is 96.1 Å². The molecule has 4 aliphatic heterocycles. The predicted octanol–water partition coefficient (Wildman–Crippen LogP) is 21.2. The molecule has 3 aromatic carbocycles. The first-order valence-corrected chi connectivity index (χ1v) is 48.5. The molecule has 0 spiro atoms. The largest absolute Gasteiger partial charge is 0.497 e. The summed E-state index contributed by atoms with van der Waals surface area (Å²) in [6, 6.07) is 22.6. The fraction of sp³-hybridized carbons (Fsp3) is 0.771. The Labute approximate surface area is 729 Å². The van der Waals surface area contributed by atoms with Gasteiger partial charge in [-0.1, -0.05) is 227 Å². The van der Waals surface area contributed by atoms with Gasteiger partial charge in [0, 0.05) is 23.0 Å². The average Bonchev–Trinajstić information content (AvgIpc) is 1.69. The number of methoxy groups -OCH3 is 1. The molecule has 4 saturated heterocycles. The van der Waals surface area contributed by atoms with E-state index in [1.165, 1.54) is 95.5 Å². The van der Waals surface area contributed by atoms with Gasteiger partial charge in [-0.3, -0.25) is 9.59 Å². The summed E-state index contributed by atoms with van der Waals surface area (Å²) in [6.45, 7) is 46.2. The van der Waals surface area contributed by atoms with Crippen LogP contribution < -0.4 is 15.4 Å². The minimum atomic E-state index is -0.843. The molecule has 16 nitrogen and oxygen atoms in total. The van der Waals surface area contributed by atoms with Crippen molar-refractivity contribution in [3.63, 3.8) is 0 Å². The lowest BCUT2D eigenvalue weighted by atomic mass is 9.46. The lowest BCUT2D eigenvalue weighted by molar-refractivity contribution is -0.315. The van der Waals surface area contributed by atoms with E-state index in [1.54, 1.807) is 12.7 Å². The molecule has 34 atom stereocenters. The first kappa shape index (κ1) is 92.6. The van der Waals surface area contributed by atoms with Gasteiger partial charge in [0.05, 0.1) is 82.7 Å². The maximum atomic E-state index is 13.8. The van der Waals surface area contributed by atoms with Crippen LogP contribution in [0, 0.1) is 148 Å². The van der Waals surface area contributed by atoms with Crippen LogP contribution in [0.3, 0.4) is 0 Å². The van der Waals surface area contributed by atoms with Crippen molar-refractivity contribution < 1.29 is 67.2 Å². The molecule has 3 aromatic rings. The highest BCUT2D eigenvalue weighted by Crippen LogP contribution is 2.70. The Balaban J connectivity index is 0.000000200. The molecule has 4 heterocycles. The number of aliphatic hydroxyl groups is 2. The second-order valence-electron chi connectivity index (χ2n) is 43.7. The molecule has 16 heteroatoms. The van der Waals surface area contributed by atoms with Gasteiger partial charge < -0.3 is 68.2 Å². The lowest BCUT2D eigenvalue weighted by Gasteiger charge is -2.58. The van der Waals surface area contributed by atoms with Crippen LogP contribution >= 0.6 is 0 Å². The van der Waals surface area contributed by atoms with Gasteiger partial charge in [0.25, 0.3) is 11.8 Å². The Morgan fingerprint density at radius 2 is 0.934 bits per heavy atom. The quantitative estimate of drug-likeness (QED) is 0.0555. The van der Waals surface area contributed by atoms with E-state index in [1.807, 2.05) is 86.6 Å². The van der Waals surface area contributed by atoms with Crippen LogP contribution in [0.4, 0.5) is 0 Å². The minimum absolute atomic E-state index is 0.0563. The molecule has 6 saturated carbocycles. The van der Waals surface area contributed by atoms with Crippen molar-refractivity contribution in [1.82, 2.24) is 10.6 Å². The summed E-state index contributed by atoms with van der Waals surface area (Å²) in [6.07, 6.45) is 24.5. The van der Waals surface area contributed by atoms with Gasteiger partial charge in [-0.15, -0.1) is 0 Å². The van der Waals surface area contributed by atoms with Crippen molar-refractivity contribution >= 4 is 11.8 Å². The van der Waals surface area contributed by atoms with E-state index in [4.69, 9.17) is 47.4 Å². The van der Waals surface area contributed by atoms with Gasteiger partial charge in [-0.05, 0) is 268 Å². The zero-order valence-corrected chi connectivity index (χ0v) is 78.0. The monoisotopic (exact) mass is 1670 g/mol. The Morgan fingerprint density at radius 3 is 1.41 bits per heavy atom. The summed E-state index contributed by atoms with van der Waals surface area (Å²) in [5, 5.41) is 28.6. The van der Waals surface area contributed by atoms with E-state index in [0.29, 0.717) is 108 Å². The van der Waals surface area contributed by atoms with Crippen LogP contribution in [0.5, 0.6) is 5.75 Å². The van der Waals surface area contributed by atoms with Gasteiger partial charge in [0.1, 0.15) is 18.0 Å². The molecule has 15 rings (SSSR count). The highest BCUT2D eigenvalue weighted by molar-refractivity contribution is 5.95. The number of amides is 2. The first-order valence-electron chi connectivity index (χ1n) is 48.5. The lowest BCUT2D eigenvalue weighted by Crippen LogP contribution is -2.59. The van der Waals surface area contributed by atoms with E-state index < -0.39 is 43.5 Å². The van der Waals surface area contributed by atoms with Crippen molar-refractivity contribution in [2.45, 2.75) is 347 Å². The van der Waals surface area contributed by atoms with Gasteiger partial charge in [-0.2, -0.15) is 0 Å². The number of benzene rings is 3. The summed E-state index contributed by atoms with van der Waals surface area (Å²) in [5.41, 5.74) is 8.72. The highest BCUT2D eigenvalue weighted by atomic mass is 16.7. The molecule has 4 N–H and O–H groups in total. The number of hydrogen-bond donors (Lipinski definition) is 4. The van der Waals surface area contributed by atoms with Crippen molar-refractivity contribution in [1.29, 1.82) is 0 Å². The second kappa shape index (κ2) is 39.2. The molecule has 121 heavy (non-hydrogen) atoms. The van der Waals surface area contributed by atoms with E-state index in [0.717, 1.165) is 72.8 Å². The zero-order chi connectivity index (χ0) is 86.3. The van der Waals surface area contributed by atoms with Crippen LogP contribution in [0.1, 0.15) is 284 Å². The minimum Gasteiger partial charge on any atom is -0.497 e. The van der Waals surface area contributed by atoms with Crippen molar-refractivity contribution in [2.75, 3.05) is 33.5 Å². The normalized spacial score (nSPS) is 41.9. The van der Waals surface area contributed by atoms with E-state index in [2.05, 4.69) is 140 Å². The molecular formula is C105H160N2O14. The standard InChI is InChI=1S/C57H85NO7.C48H75NO7/c1-34(2)13-12-14-37(5)50-48(30-47-45-24-21-43-29-36(4)25-27-56(43,9)46(45)26-28-57(47,50)10)64-54-40(8)52(49(33-63-54)61-32-41-17-22-44(60-11)23-18-41)65-55-51(39(7)38(6)31-62-55)58-53(59)42-19-15-35(3)16-20-42;1-27(2)11-10-12-29(4)41-40(24-38-36-18-17-34-23-35(50)19-21-47(34,8)37(36)20-22-48(38,41)9)55-45-32(7)43(39(51)26-54-45)56-46-42(31(6)30(5)25-53-46)49-44(52)33-15-13-28(3)14-16-33/h15-23,34,36-40,45-52,54-55H,12-14,24-33H2,1-11H3,(H,58,59);13-17,27,29-32,35-43,45-46,50-51H,10-12,18-26H2,1-9H3,(H,49,52)/t36-,37+,38?,39?,40?,45+,46-,47?,48-,49?,50-,51?,52?,54?,55?,56-,57-;29-,30?,31?,32?,35+,36-,37+,38?,39?,40+,41+,42?,43?,45?,46?,47+,48+/m01/s1. The topological polar surface area (TPSA) is 191 Å². The Bertz CT molecular complexity index is 3940. The van der Waals surface area contributed by atoms with Crippen LogP contribution in [0.2, 0.25) is 0 Å². The Kier molecular flexibility index (Phi) is 30.0. The summed E-state index contributed by atoms with van der Waals surface area (Å²) < 4.78 is 67.3. The smallest absolute Gasteiger partial charge is 0.251 e. The number of aliphatic hydroxyl groups excluding tert-OH is 2. The third kappa shape index (κ3) is 19.7. The number of carbonyl (C=O) groups is 2. The van der Waals surface area contributed by atoms with Crippen LogP contribution in [-0.4, -0.2) is 136 Å². The Hall–Kier alpha value is -4.56. The number of fused-ring (bicyclic) bond motifs is 10. The number of aryl methyl sites for hydroxylation is 2. The summed E-state index contributed by atoms with van der Waals surface area (Å²) in [7, 11) is 1.68. The molecule has 674 valence electrons. The number of allylic oxidation sites excluding steroid dienone is 3. The number of rotatable bonds is 26. The third-order valence-electron chi connectivity index (χ3n) is 34.8. The maximum absolute atomic E-state index is 13.8. The van der Waals surface area contributed by atoms with Crippen LogP contribution in [-0.2, 0) is 49.2 Å². The highest BCUT2D eigenvalue weighted by Gasteiger charge is 2.66. The predicted molar refractivity (Wildman–Crippen MR) is 478 cm³/mol. The zero-order valence-electron chi connectivity index (χ0n) is 78.0. The van der Waals surface area contributed by atoms with Crippen LogP contribution in [0.25, 0.3) is 0 Å². The molecular weight excluding hydrogens is 1510 g/mol. The number of ether oxygens (including phenoxy) is 10. The summed E-state index contributed by atoms with van der Waals surface area (Å²) in [5.74, 6) is 8.92. The SMILES string of the molecule is COc1ccc(COC2COC(O[C@H]3CC4[C@@H]5CC=C6C[C@@H](C)CC[C@]6(C)[C@H]5CC[C@]4(C)[C@H]3[C@H](C)CCCC(C)C)C(C)C2OC2OCC(C)C(C)C2NC(=O)c2ccc(C)cc2)cc1.Cc1ccc(C(=O)NC2C(OC3C(O)COC(O[C@H]4CC5[C@@H]6CC=C7C[C@@H](O)CC[C@]7(C)[C@H]6CC[C@]5(C)[C@H]4[C@H](C)CCCC(C)C)C3C)OCC(C)C2C)cc1. The van der Waals surface area contributed by atoms with E-state index >= 15 is 0 Å². The van der Waals surface area contributed by atoms with Crippen molar-refractivity contribution in [3.05, 3.63) is 124 Å².